The van der Waals surface area contributed by atoms with E-state index in [1.54, 1.807) is 41.3 Å². The maximum atomic E-state index is 13.0. The number of benzene rings is 2. The Labute approximate surface area is 183 Å². The summed E-state index contributed by atoms with van der Waals surface area (Å²) in [6.45, 7) is 0.940. The Kier molecular flexibility index (Phi) is 5.65. The lowest BCUT2D eigenvalue weighted by Crippen LogP contribution is -2.41. The second-order valence-corrected chi connectivity index (χ2v) is 7.85. The van der Waals surface area contributed by atoms with Crippen LogP contribution in [0.5, 0.6) is 5.75 Å². The molecule has 4 rings (SSSR count). The zero-order valence-electron chi connectivity index (χ0n) is 16.9. The molecule has 31 heavy (non-hydrogen) atoms. The van der Waals surface area contributed by atoms with Gasteiger partial charge in [-0.25, -0.2) is 4.98 Å². The summed E-state index contributed by atoms with van der Waals surface area (Å²) in [6, 6.07) is 9.87. The Hall–Kier alpha value is -3.39. The second-order valence-electron chi connectivity index (χ2n) is 7.44. The number of likely N-dealkylation sites (tertiary alicyclic amines) is 1. The first-order chi connectivity index (χ1) is 14.9. The molecule has 2 heterocycles. The maximum absolute atomic E-state index is 13.0. The standard InChI is InChI=1S/C22H21ClN4O4/c1-31-19-5-3-15(11-17(19)23)27-12-25-18-10-14(2-4-16(18)22(27)30)21(29)26-8-6-13(7-9-26)20(24)28/h2-5,10-13H,6-9H2,1H3,(H2,24,28). The monoisotopic (exact) mass is 440 g/mol. The lowest BCUT2D eigenvalue weighted by Gasteiger charge is -2.30. The number of rotatable bonds is 4. The summed E-state index contributed by atoms with van der Waals surface area (Å²) in [5.41, 5.74) is 6.52. The zero-order chi connectivity index (χ0) is 22.1. The summed E-state index contributed by atoms with van der Waals surface area (Å²) < 4.78 is 6.54. The van der Waals surface area contributed by atoms with E-state index < -0.39 is 0 Å². The van der Waals surface area contributed by atoms with Gasteiger partial charge in [-0.1, -0.05) is 11.6 Å². The Bertz CT molecular complexity index is 1230. The number of fused-ring (bicyclic) bond motifs is 1. The van der Waals surface area contributed by atoms with Gasteiger partial charge in [0, 0.05) is 24.6 Å². The molecule has 0 aliphatic carbocycles. The summed E-state index contributed by atoms with van der Waals surface area (Å²) in [7, 11) is 1.52. The summed E-state index contributed by atoms with van der Waals surface area (Å²) in [4.78, 5) is 43.2. The third kappa shape index (κ3) is 3.98. The largest absolute Gasteiger partial charge is 0.495 e. The number of nitrogens with two attached hydrogens (primary N) is 1. The molecule has 0 unspecified atom stereocenters. The van der Waals surface area contributed by atoms with Crippen LogP contribution in [0.25, 0.3) is 16.6 Å². The predicted molar refractivity (Wildman–Crippen MR) is 117 cm³/mol. The molecule has 1 aliphatic heterocycles. The molecule has 0 saturated carbocycles. The van der Waals surface area contributed by atoms with Gasteiger partial charge in [0.05, 0.1) is 28.7 Å². The minimum atomic E-state index is -0.323. The van der Waals surface area contributed by atoms with Crippen molar-refractivity contribution in [3.05, 3.63) is 63.7 Å². The van der Waals surface area contributed by atoms with E-state index in [0.29, 0.717) is 58.9 Å². The minimum Gasteiger partial charge on any atom is -0.495 e. The van der Waals surface area contributed by atoms with Crippen molar-refractivity contribution in [3.63, 3.8) is 0 Å². The molecule has 1 aromatic heterocycles. The first-order valence-corrected chi connectivity index (χ1v) is 10.2. The zero-order valence-corrected chi connectivity index (χ0v) is 17.6. The van der Waals surface area contributed by atoms with Crippen LogP contribution < -0.4 is 16.0 Å². The smallest absolute Gasteiger partial charge is 0.265 e. The fourth-order valence-electron chi connectivity index (χ4n) is 3.79. The van der Waals surface area contributed by atoms with Crippen molar-refractivity contribution in [3.8, 4) is 11.4 Å². The SMILES string of the molecule is COc1ccc(-n2cnc3cc(C(=O)N4CCC(C(N)=O)CC4)ccc3c2=O)cc1Cl. The van der Waals surface area contributed by atoms with Gasteiger partial charge in [-0.2, -0.15) is 0 Å². The normalized spacial score (nSPS) is 14.6. The highest BCUT2D eigenvalue weighted by molar-refractivity contribution is 6.32. The Balaban J connectivity index is 1.62. The van der Waals surface area contributed by atoms with Crippen molar-refractivity contribution >= 4 is 34.3 Å². The highest BCUT2D eigenvalue weighted by Crippen LogP contribution is 2.26. The molecule has 0 spiro atoms. The van der Waals surface area contributed by atoms with Crippen molar-refractivity contribution in [2.75, 3.05) is 20.2 Å². The number of carbonyl (C=O) groups excluding carboxylic acids is 2. The number of hydrogen-bond donors (Lipinski definition) is 1. The van der Waals surface area contributed by atoms with Gasteiger partial charge >= 0.3 is 0 Å². The molecule has 1 aliphatic rings. The Morgan fingerprint density at radius 1 is 1.16 bits per heavy atom. The fraction of sp³-hybridized carbons (Fsp3) is 0.273. The number of ether oxygens (including phenoxy) is 1. The molecule has 8 nitrogen and oxygen atoms in total. The first kappa shape index (κ1) is 20.9. The molecule has 160 valence electrons. The number of halogens is 1. The van der Waals surface area contributed by atoms with E-state index >= 15 is 0 Å². The van der Waals surface area contributed by atoms with Crippen molar-refractivity contribution in [1.82, 2.24) is 14.5 Å². The summed E-state index contributed by atoms with van der Waals surface area (Å²) >= 11 is 6.18. The topological polar surface area (TPSA) is 108 Å². The maximum Gasteiger partial charge on any atom is 0.265 e. The van der Waals surface area contributed by atoms with Gasteiger partial charge in [-0.05, 0) is 49.2 Å². The number of hydrogen-bond acceptors (Lipinski definition) is 5. The van der Waals surface area contributed by atoms with Crippen molar-refractivity contribution in [2.45, 2.75) is 12.8 Å². The first-order valence-electron chi connectivity index (χ1n) is 9.83. The highest BCUT2D eigenvalue weighted by Gasteiger charge is 2.26. The van der Waals surface area contributed by atoms with E-state index in [1.165, 1.54) is 18.0 Å². The molecule has 0 radical (unpaired) electrons. The van der Waals surface area contributed by atoms with Gasteiger partial charge < -0.3 is 15.4 Å². The van der Waals surface area contributed by atoms with E-state index in [-0.39, 0.29) is 23.3 Å². The van der Waals surface area contributed by atoms with Crippen molar-refractivity contribution in [2.24, 2.45) is 11.7 Å². The van der Waals surface area contributed by atoms with Gasteiger partial charge in [0.15, 0.2) is 0 Å². The minimum absolute atomic E-state index is 0.155. The average Bonchev–Trinajstić information content (AvgIpc) is 2.78. The van der Waals surface area contributed by atoms with Gasteiger partial charge in [0.1, 0.15) is 12.1 Å². The van der Waals surface area contributed by atoms with Crippen LogP contribution in [0.1, 0.15) is 23.2 Å². The van der Waals surface area contributed by atoms with Crippen LogP contribution in [0.2, 0.25) is 5.02 Å². The van der Waals surface area contributed by atoms with E-state index in [4.69, 9.17) is 22.1 Å². The van der Waals surface area contributed by atoms with Crippen LogP contribution in [-0.2, 0) is 4.79 Å². The summed E-state index contributed by atoms with van der Waals surface area (Å²) in [6.07, 6.45) is 2.53. The van der Waals surface area contributed by atoms with Crippen molar-refractivity contribution < 1.29 is 14.3 Å². The van der Waals surface area contributed by atoms with Gasteiger partial charge in [0.2, 0.25) is 5.91 Å². The van der Waals surface area contributed by atoms with E-state index in [1.807, 2.05) is 0 Å². The molecule has 2 amide bonds. The molecule has 3 aromatic rings. The van der Waals surface area contributed by atoms with E-state index in [2.05, 4.69) is 4.98 Å². The molecular formula is C22H21ClN4O4. The van der Waals surface area contributed by atoms with Crippen LogP contribution in [-0.4, -0.2) is 46.5 Å². The number of aromatic nitrogens is 2. The average molecular weight is 441 g/mol. The van der Waals surface area contributed by atoms with E-state index in [0.717, 1.165) is 0 Å². The molecule has 2 N–H and O–H groups in total. The lowest BCUT2D eigenvalue weighted by molar-refractivity contribution is -0.123. The number of nitrogens with zero attached hydrogens (tertiary/aromatic N) is 3. The fourth-order valence-corrected chi connectivity index (χ4v) is 4.05. The molecule has 1 saturated heterocycles. The Morgan fingerprint density at radius 2 is 1.90 bits per heavy atom. The van der Waals surface area contributed by atoms with E-state index in [9.17, 15) is 14.4 Å². The van der Waals surface area contributed by atoms with Gasteiger partial charge in [0.25, 0.3) is 11.5 Å². The molecule has 2 aromatic carbocycles. The number of carbonyl (C=O) groups is 2. The molecule has 9 heteroatoms. The third-order valence-corrected chi connectivity index (χ3v) is 5.90. The molecule has 0 bridgehead atoms. The Morgan fingerprint density at radius 3 is 2.55 bits per heavy atom. The summed E-state index contributed by atoms with van der Waals surface area (Å²) in [5, 5.41) is 0.770. The number of primary amides is 1. The van der Waals surface area contributed by atoms with Crippen LogP contribution >= 0.6 is 11.6 Å². The second kappa shape index (κ2) is 8.39. The lowest BCUT2D eigenvalue weighted by atomic mass is 9.96. The predicted octanol–water partition coefficient (Wildman–Crippen LogP) is 2.39. The van der Waals surface area contributed by atoms with Gasteiger partial charge in [-0.3, -0.25) is 19.0 Å². The number of amides is 2. The quantitative estimate of drug-likeness (QED) is 0.670. The number of piperidine rings is 1. The number of methoxy groups -OCH3 is 1. The van der Waals surface area contributed by atoms with Crippen molar-refractivity contribution in [1.29, 1.82) is 0 Å². The highest BCUT2D eigenvalue weighted by atomic mass is 35.5. The third-order valence-electron chi connectivity index (χ3n) is 5.60. The van der Waals surface area contributed by atoms with Crippen LogP contribution in [0.3, 0.4) is 0 Å². The van der Waals surface area contributed by atoms with Crippen LogP contribution in [0.15, 0.2) is 47.5 Å². The molecule has 1 fully saturated rings. The van der Waals surface area contributed by atoms with Crippen LogP contribution in [0, 0.1) is 5.92 Å². The summed E-state index contributed by atoms with van der Waals surface area (Å²) in [5.74, 6) is -0.156. The van der Waals surface area contributed by atoms with Gasteiger partial charge in [-0.15, -0.1) is 0 Å². The molecule has 0 atom stereocenters. The van der Waals surface area contributed by atoms with Crippen LogP contribution in [0.4, 0.5) is 0 Å². The molecular weight excluding hydrogens is 420 g/mol.